The Labute approximate surface area is 97.0 Å². The lowest BCUT2D eigenvalue weighted by molar-refractivity contribution is -0.116. The zero-order valence-electron chi connectivity index (χ0n) is 10.1. The van der Waals surface area contributed by atoms with Crippen LogP contribution < -0.4 is 0 Å². The maximum atomic E-state index is 11.5. The van der Waals surface area contributed by atoms with Gasteiger partial charge in [-0.1, -0.05) is 33.1 Å². The minimum atomic E-state index is -0.907. The molecular weight excluding hydrogens is 208 g/mol. The van der Waals surface area contributed by atoms with Crippen LogP contribution in [0.3, 0.4) is 0 Å². The van der Waals surface area contributed by atoms with Crippen molar-refractivity contribution in [2.45, 2.75) is 58.8 Å². The smallest absolute Gasteiger partial charge is 0.181 e. The molecule has 0 aromatic rings. The first-order valence-electron chi connectivity index (χ1n) is 6.07. The fraction of sp³-hybridized carbons (Fsp3) is 0.917. The van der Waals surface area contributed by atoms with E-state index in [0.717, 1.165) is 19.3 Å². The van der Waals surface area contributed by atoms with E-state index in [0.29, 0.717) is 12.2 Å². The van der Waals surface area contributed by atoms with Crippen LogP contribution in [0.5, 0.6) is 0 Å². The molecule has 90 valence electrons. The Hall–Kier alpha value is -0.0200. The van der Waals surface area contributed by atoms with E-state index in [9.17, 15) is 9.35 Å². The molecule has 0 aliphatic rings. The first kappa shape index (κ1) is 15.0. The molecule has 0 fully saturated rings. The summed E-state index contributed by atoms with van der Waals surface area (Å²) in [6.45, 7) is 4.16. The average Bonchev–Trinajstić information content (AvgIpc) is 2.17. The van der Waals surface area contributed by atoms with Crippen molar-refractivity contribution in [3.05, 3.63) is 0 Å². The number of carbonyl (C=O) groups excluding carboxylic acids is 1. The average molecular weight is 232 g/mol. The van der Waals surface area contributed by atoms with Crippen LogP contribution in [0, 0.1) is 0 Å². The lowest BCUT2D eigenvalue weighted by Gasteiger charge is -2.09. The second-order valence-corrected chi connectivity index (χ2v) is 5.57. The van der Waals surface area contributed by atoms with Gasteiger partial charge in [0.25, 0.3) is 0 Å². The van der Waals surface area contributed by atoms with E-state index in [1.54, 1.807) is 0 Å². The Morgan fingerprint density at radius 1 is 1.07 bits per heavy atom. The molecule has 0 N–H and O–H groups in total. The minimum absolute atomic E-state index is 0.157. The second kappa shape index (κ2) is 10.5. The maximum absolute atomic E-state index is 11.5. The van der Waals surface area contributed by atoms with E-state index in [1.165, 1.54) is 19.3 Å². The lowest BCUT2D eigenvalue weighted by Crippen LogP contribution is -2.18. The molecule has 0 spiro atoms. The summed E-state index contributed by atoms with van der Waals surface area (Å²) in [5, 5.41) is 0. The van der Waals surface area contributed by atoms with Gasteiger partial charge in [0, 0.05) is 6.42 Å². The molecule has 0 amide bonds. The van der Waals surface area contributed by atoms with E-state index in [4.69, 9.17) is 0 Å². The van der Waals surface area contributed by atoms with Crippen molar-refractivity contribution in [2.75, 3.05) is 11.5 Å². The van der Waals surface area contributed by atoms with Crippen LogP contribution in [0.2, 0.25) is 0 Å². The standard InChI is InChI=1S/C12H24O2S/c1-3-5-6-7-8-10-15(14)11-12(13)9-4-2/h3-11H2,1-2H3. The molecule has 1 unspecified atom stereocenters. The highest BCUT2D eigenvalue weighted by Crippen LogP contribution is 2.05. The van der Waals surface area contributed by atoms with Crippen molar-refractivity contribution in [1.82, 2.24) is 0 Å². The van der Waals surface area contributed by atoms with Crippen molar-refractivity contribution in [1.29, 1.82) is 0 Å². The SMILES string of the molecule is CCCCCCC[S+]([O-])CC(=O)CCC. The molecule has 0 radical (unpaired) electrons. The normalized spacial score (nSPS) is 12.7. The van der Waals surface area contributed by atoms with Crippen molar-refractivity contribution < 1.29 is 9.35 Å². The number of carbonyl (C=O) groups is 1. The minimum Gasteiger partial charge on any atom is -0.616 e. The summed E-state index contributed by atoms with van der Waals surface area (Å²) in [7, 11) is 0. The molecule has 3 heteroatoms. The Kier molecular flexibility index (Phi) is 10.5. The predicted molar refractivity (Wildman–Crippen MR) is 66.6 cm³/mol. The summed E-state index contributed by atoms with van der Waals surface area (Å²) >= 11 is -0.907. The molecule has 0 aromatic heterocycles. The first-order chi connectivity index (χ1) is 7.20. The van der Waals surface area contributed by atoms with Crippen LogP contribution in [0.15, 0.2) is 0 Å². The molecule has 2 nitrogen and oxygen atoms in total. The highest BCUT2D eigenvalue weighted by atomic mass is 32.2. The van der Waals surface area contributed by atoms with Crippen LogP contribution in [0.25, 0.3) is 0 Å². The second-order valence-electron chi connectivity index (χ2n) is 3.99. The summed E-state index contributed by atoms with van der Waals surface area (Å²) < 4.78 is 11.5. The molecule has 0 aliphatic carbocycles. The summed E-state index contributed by atoms with van der Waals surface area (Å²) in [4.78, 5) is 11.2. The van der Waals surface area contributed by atoms with Gasteiger partial charge >= 0.3 is 0 Å². The number of rotatable bonds is 10. The summed E-state index contributed by atoms with van der Waals surface area (Å²) in [6, 6.07) is 0. The first-order valence-corrected chi connectivity index (χ1v) is 7.56. The topological polar surface area (TPSA) is 40.1 Å². The van der Waals surface area contributed by atoms with Crippen molar-refractivity contribution in [3.63, 3.8) is 0 Å². The number of hydrogen-bond acceptors (Lipinski definition) is 2. The Bertz CT molecular complexity index is 160. The van der Waals surface area contributed by atoms with Crippen molar-refractivity contribution in [2.24, 2.45) is 0 Å². The highest BCUT2D eigenvalue weighted by molar-refractivity contribution is 7.92. The number of hydrogen-bond donors (Lipinski definition) is 0. The molecular formula is C12H24O2S. The monoisotopic (exact) mass is 232 g/mol. The number of unbranched alkanes of at least 4 members (excludes halogenated alkanes) is 4. The molecule has 0 saturated heterocycles. The number of ketones is 1. The van der Waals surface area contributed by atoms with Crippen LogP contribution in [-0.2, 0) is 16.0 Å². The van der Waals surface area contributed by atoms with Gasteiger partial charge in [0.05, 0.1) is 0 Å². The molecule has 15 heavy (non-hydrogen) atoms. The molecule has 0 aliphatic heterocycles. The van der Waals surface area contributed by atoms with E-state index in [-0.39, 0.29) is 11.5 Å². The van der Waals surface area contributed by atoms with E-state index >= 15 is 0 Å². The Morgan fingerprint density at radius 3 is 2.33 bits per heavy atom. The van der Waals surface area contributed by atoms with Gasteiger partial charge in [-0.3, -0.25) is 4.79 Å². The largest absolute Gasteiger partial charge is 0.616 e. The molecule has 0 aromatic carbocycles. The summed E-state index contributed by atoms with van der Waals surface area (Å²) in [6.07, 6.45) is 7.34. The van der Waals surface area contributed by atoms with Crippen molar-refractivity contribution in [3.8, 4) is 0 Å². The van der Waals surface area contributed by atoms with Crippen LogP contribution >= 0.6 is 0 Å². The fourth-order valence-corrected chi connectivity index (χ4v) is 2.64. The van der Waals surface area contributed by atoms with Gasteiger partial charge in [0.1, 0.15) is 5.75 Å². The fourth-order valence-electron chi connectivity index (χ4n) is 1.47. The summed E-state index contributed by atoms with van der Waals surface area (Å²) in [5.41, 5.74) is 0. The van der Waals surface area contributed by atoms with Crippen LogP contribution in [0.4, 0.5) is 0 Å². The van der Waals surface area contributed by atoms with Gasteiger partial charge in [-0.15, -0.1) is 0 Å². The van der Waals surface area contributed by atoms with Gasteiger partial charge in [-0.05, 0) is 30.4 Å². The van der Waals surface area contributed by atoms with Crippen molar-refractivity contribution >= 4 is 17.0 Å². The number of Topliss-reactive ketones (excluding diaryl/α,β-unsaturated/α-hetero) is 1. The van der Waals surface area contributed by atoms with E-state index in [2.05, 4.69) is 6.92 Å². The van der Waals surface area contributed by atoms with Crippen LogP contribution in [0.1, 0.15) is 58.8 Å². The zero-order chi connectivity index (χ0) is 11.5. The molecule has 0 heterocycles. The molecule has 1 atom stereocenters. The third-order valence-corrected chi connectivity index (χ3v) is 3.71. The lowest BCUT2D eigenvalue weighted by atomic mass is 10.2. The van der Waals surface area contributed by atoms with E-state index in [1.807, 2.05) is 6.92 Å². The Balaban J connectivity index is 3.32. The van der Waals surface area contributed by atoms with E-state index < -0.39 is 11.2 Å². The quantitative estimate of drug-likeness (QED) is 0.429. The predicted octanol–water partition coefficient (Wildman–Crippen LogP) is 3.07. The third kappa shape index (κ3) is 10.3. The van der Waals surface area contributed by atoms with Crippen LogP contribution in [-0.4, -0.2) is 21.8 Å². The zero-order valence-corrected chi connectivity index (χ0v) is 10.9. The third-order valence-electron chi connectivity index (χ3n) is 2.33. The van der Waals surface area contributed by atoms with Gasteiger partial charge in [-0.25, -0.2) is 0 Å². The van der Waals surface area contributed by atoms with Gasteiger partial charge in [0.15, 0.2) is 11.5 Å². The summed E-state index contributed by atoms with van der Waals surface area (Å²) in [5.74, 6) is 1.14. The van der Waals surface area contributed by atoms with Gasteiger partial charge in [0.2, 0.25) is 0 Å². The molecule has 0 bridgehead atoms. The van der Waals surface area contributed by atoms with Gasteiger partial charge in [-0.2, -0.15) is 0 Å². The maximum Gasteiger partial charge on any atom is 0.181 e. The molecule has 0 rings (SSSR count). The molecule has 0 saturated carbocycles. The Morgan fingerprint density at radius 2 is 1.73 bits per heavy atom. The highest BCUT2D eigenvalue weighted by Gasteiger charge is 2.11. The van der Waals surface area contributed by atoms with Gasteiger partial charge < -0.3 is 4.55 Å².